The number of hydrogen-bond acceptors (Lipinski definition) is 0. The van der Waals surface area contributed by atoms with E-state index in [0.717, 1.165) is 11.4 Å². The summed E-state index contributed by atoms with van der Waals surface area (Å²) in [6, 6.07) is 84.7. The van der Waals surface area contributed by atoms with Crippen molar-refractivity contribution in [1.29, 1.82) is 0 Å². The molecule has 0 aliphatic heterocycles. The monoisotopic (exact) mass is 818 g/mol. The zero-order valence-corrected chi connectivity index (χ0v) is 35.3. The van der Waals surface area contributed by atoms with Crippen LogP contribution in [-0.4, -0.2) is 9.13 Å². The van der Waals surface area contributed by atoms with Crippen LogP contribution in [-0.2, 0) is 0 Å². The highest BCUT2D eigenvalue weighted by Crippen LogP contribution is 2.50. The van der Waals surface area contributed by atoms with E-state index in [4.69, 9.17) is 0 Å². The molecule has 2 nitrogen and oxygen atoms in total. The number of fused-ring (bicyclic) bond motifs is 11. The first-order chi connectivity index (χ1) is 31.2. The minimum absolute atomic E-state index is 0.485. The maximum absolute atomic E-state index is 2.48. The molecular weight excluding hydrogens is 780 g/mol. The zero-order chi connectivity index (χ0) is 41.4. The minimum Gasteiger partial charge on any atom is -0.309 e. The molecule has 0 spiro atoms. The molecule has 0 amide bonds. The van der Waals surface area contributed by atoms with Crippen LogP contribution in [0.25, 0.3) is 121 Å². The number of nitrogens with zero attached hydrogens (tertiary/aromatic N) is 2. The maximum atomic E-state index is 2.48. The molecule has 0 fully saturated rings. The number of rotatable bonds is 6. The maximum Gasteiger partial charge on any atom is 0.0550 e. The van der Waals surface area contributed by atoms with Gasteiger partial charge in [-0.3, -0.25) is 0 Å². The molecule has 0 saturated carbocycles. The molecule has 13 rings (SSSR count). The Kier molecular flexibility index (Phi) is 8.16. The Balaban J connectivity index is 1.09. The van der Waals surface area contributed by atoms with Gasteiger partial charge in [-0.25, -0.2) is 0 Å². The van der Waals surface area contributed by atoms with Crippen molar-refractivity contribution in [3.05, 3.63) is 231 Å². The molecule has 3 heterocycles. The summed E-state index contributed by atoms with van der Waals surface area (Å²) in [4.78, 5) is 0. The molecule has 63 heavy (non-hydrogen) atoms. The number of aromatic nitrogens is 2. The van der Waals surface area contributed by atoms with Crippen LogP contribution in [0.15, 0.2) is 231 Å². The van der Waals surface area contributed by atoms with Crippen molar-refractivity contribution < 1.29 is 0 Å². The average Bonchev–Trinajstić information content (AvgIpc) is 4.02. The summed E-state index contributed by atoms with van der Waals surface area (Å²) in [5, 5.41) is 10.8. The first kappa shape index (κ1) is 35.8. The smallest absolute Gasteiger partial charge is 0.0550 e. The van der Waals surface area contributed by atoms with Gasteiger partial charge in [0.15, 0.2) is 0 Å². The Morgan fingerprint density at radius 3 is 0.905 bits per heavy atom. The van der Waals surface area contributed by atoms with Crippen LogP contribution in [0.3, 0.4) is 0 Å². The van der Waals surface area contributed by atoms with E-state index in [1.54, 1.807) is 0 Å². The van der Waals surface area contributed by atoms with Crippen LogP contribution in [0.1, 0.15) is 0 Å². The van der Waals surface area contributed by atoms with Gasteiger partial charge in [0.25, 0.3) is 0 Å². The predicted molar refractivity (Wildman–Crippen MR) is 271 cm³/mol. The van der Waals surface area contributed by atoms with E-state index in [1.165, 1.54) is 109 Å². The third-order valence-electron chi connectivity index (χ3n) is 13.1. The van der Waals surface area contributed by atoms with Crippen LogP contribution in [0, 0.1) is 0 Å². The summed E-state index contributed by atoms with van der Waals surface area (Å²) in [5.41, 5.74) is 17.1. The molecule has 0 unspecified atom stereocenters. The van der Waals surface area contributed by atoms with Gasteiger partial charge < -0.3 is 9.13 Å². The molecule has 0 aliphatic carbocycles. The summed E-state index contributed by atoms with van der Waals surface area (Å²) < 4.78 is 4.96. The van der Waals surface area contributed by atoms with E-state index >= 15 is 0 Å². The number of benzene rings is 10. The van der Waals surface area contributed by atoms with Crippen molar-refractivity contribution in [1.82, 2.24) is 9.13 Å². The largest absolute Gasteiger partial charge is 0.309 e. The van der Waals surface area contributed by atoms with Crippen LogP contribution >= 0.6 is 8.19 Å². The second-order valence-electron chi connectivity index (χ2n) is 16.6. The van der Waals surface area contributed by atoms with Crippen LogP contribution in [0.2, 0.25) is 0 Å². The van der Waals surface area contributed by atoms with Gasteiger partial charge in [-0.2, -0.15) is 0 Å². The molecule has 0 aliphatic rings. The normalized spacial score (nSPS) is 11.8. The fourth-order valence-electron chi connectivity index (χ4n) is 10.1. The summed E-state index contributed by atoms with van der Waals surface area (Å²) in [5.74, 6) is 0. The predicted octanol–water partition coefficient (Wildman–Crippen LogP) is 16.9. The molecule has 3 aromatic heterocycles. The van der Waals surface area contributed by atoms with Crippen LogP contribution in [0.5, 0.6) is 0 Å². The van der Waals surface area contributed by atoms with Crippen molar-refractivity contribution in [3.8, 4) is 55.9 Å². The van der Waals surface area contributed by atoms with E-state index in [-0.39, 0.29) is 0 Å². The fraction of sp³-hybridized carbons (Fsp3) is 0. The average molecular weight is 819 g/mol. The lowest BCUT2D eigenvalue weighted by Crippen LogP contribution is -1.94. The van der Waals surface area contributed by atoms with Crippen LogP contribution in [0.4, 0.5) is 0 Å². The fourth-order valence-corrected chi connectivity index (χ4v) is 11.8. The van der Waals surface area contributed by atoms with E-state index < -0.39 is 0 Å². The van der Waals surface area contributed by atoms with E-state index in [0.29, 0.717) is 8.19 Å². The molecule has 0 bridgehead atoms. The summed E-state index contributed by atoms with van der Waals surface area (Å²) in [7, 11) is 0.485. The highest BCUT2D eigenvalue weighted by molar-refractivity contribution is 7.45. The van der Waals surface area contributed by atoms with Gasteiger partial charge in [0.1, 0.15) is 0 Å². The topological polar surface area (TPSA) is 9.86 Å². The lowest BCUT2D eigenvalue weighted by Gasteiger charge is -2.10. The molecule has 0 N–H and O–H groups in total. The van der Waals surface area contributed by atoms with Crippen molar-refractivity contribution in [2.75, 3.05) is 0 Å². The van der Waals surface area contributed by atoms with Crippen molar-refractivity contribution in [2.45, 2.75) is 0 Å². The molecular formula is C60H39N2P. The Hall–Kier alpha value is -7.90. The number of hydrogen-bond donors (Lipinski definition) is 0. The third kappa shape index (κ3) is 5.73. The van der Waals surface area contributed by atoms with Gasteiger partial charge in [-0.05, 0) is 116 Å². The van der Waals surface area contributed by atoms with Gasteiger partial charge >= 0.3 is 0 Å². The van der Waals surface area contributed by atoms with Crippen molar-refractivity contribution >= 4 is 72.8 Å². The van der Waals surface area contributed by atoms with Gasteiger partial charge in [0.05, 0.1) is 22.1 Å². The first-order valence-corrected chi connectivity index (χ1v) is 22.7. The summed E-state index contributed by atoms with van der Waals surface area (Å²) in [6.07, 6.45) is 0. The Morgan fingerprint density at radius 2 is 0.540 bits per heavy atom. The molecule has 0 atom stereocenters. The third-order valence-corrected chi connectivity index (χ3v) is 14.6. The molecule has 0 radical (unpaired) electrons. The highest BCUT2D eigenvalue weighted by Gasteiger charge is 2.22. The van der Waals surface area contributed by atoms with Gasteiger partial charge in [-0.15, -0.1) is 8.19 Å². The Labute approximate surface area is 366 Å². The summed E-state index contributed by atoms with van der Waals surface area (Å²) >= 11 is 0. The van der Waals surface area contributed by atoms with Gasteiger partial charge in [0, 0.05) is 43.2 Å². The first-order valence-electron chi connectivity index (χ1n) is 21.7. The second-order valence-corrected chi connectivity index (χ2v) is 17.8. The SMILES string of the molecule is c1ccc(-c2ccc(-n3c4ccc(-c5ccccc5)cc4c4c5[pH]c6c(ccc7c6c6cc(-c8ccccc8)ccc6n7-c6ccc(-c7ccccc7)cc6)c5ccc43)cc2)cc1. The van der Waals surface area contributed by atoms with E-state index in [9.17, 15) is 0 Å². The molecule has 294 valence electrons. The lowest BCUT2D eigenvalue weighted by molar-refractivity contribution is 1.18. The zero-order valence-electron chi connectivity index (χ0n) is 34.3. The van der Waals surface area contributed by atoms with Crippen molar-refractivity contribution in [3.63, 3.8) is 0 Å². The molecule has 10 aromatic carbocycles. The van der Waals surface area contributed by atoms with Crippen LogP contribution < -0.4 is 0 Å². The Morgan fingerprint density at radius 1 is 0.238 bits per heavy atom. The molecule has 0 saturated heterocycles. The minimum atomic E-state index is 0.485. The van der Waals surface area contributed by atoms with E-state index in [2.05, 4.69) is 240 Å². The highest BCUT2D eigenvalue weighted by atomic mass is 31.0. The van der Waals surface area contributed by atoms with Gasteiger partial charge in [-0.1, -0.05) is 170 Å². The van der Waals surface area contributed by atoms with Crippen molar-refractivity contribution in [2.24, 2.45) is 0 Å². The standard InChI is InChI=1S/C60H39N2P/c1-5-13-39(14-6-1)43-21-27-47(28-22-43)61-53-33-25-45(41-17-9-3-10-18-41)37-51(53)57-55(61)35-31-49-50-32-36-56-58(60(50)63-59(49)57)52-38-46(42-19-11-4-12-20-42)26-34-54(52)62(56)48-29-23-44(24-30-48)40-15-7-2-8-16-40/h1-38,63H. The molecule has 3 heteroatoms. The summed E-state index contributed by atoms with van der Waals surface area (Å²) in [6.45, 7) is 0. The quantitative estimate of drug-likeness (QED) is 0.158. The van der Waals surface area contributed by atoms with Gasteiger partial charge in [0.2, 0.25) is 0 Å². The second kappa shape index (κ2) is 14.4. The molecule has 13 aromatic rings. The lowest BCUT2D eigenvalue weighted by atomic mass is 10.0. The van der Waals surface area contributed by atoms with E-state index in [1.807, 2.05) is 0 Å². The Bertz CT molecular complexity index is 3590.